The number of imidazole rings is 1. The topological polar surface area (TPSA) is 57.7 Å². The number of rotatable bonds is 5. The van der Waals surface area contributed by atoms with Gasteiger partial charge >= 0.3 is 0 Å². The van der Waals surface area contributed by atoms with E-state index < -0.39 is 5.82 Å². The Morgan fingerprint density at radius 1 is 1.23 bits per heavy atom. The highest BCUT2D eigenvalue weighted by Gasteiger charge is 2.17. The lowest BCUT2D eigenvalue weighted by Crippen LogP contribution is -2.18. The maximum absolute atomic E-state index is 14.0. The predicted molar refractivity (Wildman–Crippen MR) is 99.1 cm³/mol. The Kier molecular flexibility index (Phi) is 5.31. The van der Waals surface area contributed by atoms with E-state index >= 15 is 0 Å². The number of hydrogen-bond donors (Lipinski definition) is 0. The van der Waals surface area contributed by atoms with Gasteiger partial charge in [0.25, 0.3) is 0 Å². The van der Waals surface area contributed by atoms with Gasteiger partial charge in [0.15, 0.2) is 0 Å². The number of halogens is 2. The van der Waals surface area contributed by atoms with Gasteiger partial charge in [0.05, 0.1) is 34.4 Å². The van der Waals surface area contributed by atoms with E-state index in [0.29, 0.717) is 29.1 Å². The molecule has 26 heavy (non-hydrogen) atoms. The Hall–Kier alpha value is -2.75. The number of likely N-dealkylation sites (N-methyl/N-ethyl adjacent to an activating group) is 1. The van der Waals surface area contributed by atoms with Crippen LogP contribution in [-0.2, 0) is 6.54 Å². The van der Waals surface area contributed by atoms with Crippen LogP contribution in [0.2, 0.25) is 5.02 Å². The summed E-state index contributed by atoms with van der Waals surface area (Å²) in [6.07, 6.45) is 3.28. The molecular formula is C19H17ClFN5. The van der Waals surface area contributed by atoms with Crippen molar-refractivity contribution in [3.05, 3.63) is 59.3 Å². The molecule has 3 rings (SSSR count). The molecule has 0 unspecified atom stereocenters. The second kappa shape index (κ2) is 7.65. The monoisotopic (exact) mass is 369 g/mol. The summed E-state index contributed by atoms with van der Waals surface area (Å²) in [6.45, 7) is 1.47. The van der Waals surface area contributed by atoms with Gasteiger partial charge in [0, 0.05) is 24.8 Å². The second-order valence-electron chi connectivity index (χ2n) is 6.11. The molecule has 3 aromatic rings. The fourth-order valence-electron chi connectivity index (χ4n) is 2.62. The minimum Gasteiger partial charge on any atom is -0.329 e. The number of hydrogen-bond acceptors (Lipinski definition) is 4. The van der Waals surface area contributed by atoms with Crippen LogP contribution in [0, 0.1) is 17.1 Å². The highest BCUT2D eigenvalue weighted by molar-refractivity contribution is 6.30. The van der Waals surface area contributed by atoms with Crippen molar-refractivity contribution in [2.24, 2.45) is 0 Å². The van der Waals surface area contributed by atoms with Gasteiger partial charge in [-0.15, -0.1) is 0 Å². The van der Waals surface area contributed by atoms with Crippen molar-refractivity contribution in [2.45, 2.75) is 6.54 Å². The third-order valence-electron chi connectivity index (χ3n) is 3.95. The summed E-state index contributed by atoms with van der Waals surface area (Å²) in [6, 6.07) is 10.1. The molecule has 0 fully saturated rings. The molecule has 0 saturated heterocycles. The van der Waals surface area contributed by atoms with Gasteiger partial charge in [-0.25, -0.2) is 9.37 Å². The van der Waals surface area contributed by atoms with Gasteiger partial charge < -0.3 is 9.47 Å². The van der Waals surface area contributed by atoms with Crippen LogP contribution in [0.1, 0.15) is 5.56 Å². The minimum atomic E-state index is -0.491. The first-order valence-corrected chi connectivity index (χ1v) is 8.39. The molecule has 0 aliphatic rings. The normalized spacial score (nSPS) is 10.9. The zero-order valence-electron chi connectivity index (χ0n) is 14.4. The number of aromatic nitrogens is 3. The van der Waals surface area contributed by atoms with E-state index in [1.165, 1.54) is 12.1 Å². The van der Waals surface area contributed by atoms with Crippen molar-refractivity contribution >= 4 is 11.6 Å². The molecule has 0 saturated carbocycles. The van der Waals surface area contributed by atoms with Crippen LogP contribution >= 0.6 is 11.6 Å². The molecule has 2 heterocycles. The van der Waals surface area contributed by atoms with Crippen molar-refractivity contribution in [1.29, 1.82) is 5.26 Å². The molecule has 0 amide bonds. The molecule has 0 aliphatic heterocycles. The number of benzene rings is 1. The maximum atomic E-state index is 14.0. The van der Waals surface area contributed by atoms with Crippen LogP contribution < -0.4 is 0 Å². The second-order valence-corrected chi connectivity index (χ2v) is 6.52. The Labute approximate surface area is 156 Å². The lowest BCUT2D eigenvalue weighted by Gasteiger charge is -2.14. The Morgan fingerprint density at radius 3 is 2.73 bits per heavy atom. The van der Waals surface area contributed by atoms with E-state index in [0.717, 1.165) is 12.2 Å². The zero-order valence-corrected chi connectivity index (χ0v) is 15.2. The highest BCUT2D eigenvalue weighted by Crippen LogP contribution is 2.32. The van der Waals surface area contributed by atoms with Gasteiger partial charge in [-0.2, -0.15) is 5.26 Å². The van der Waals surface area contributed by atoms with Crippen molar-refractivity contribution in [1.82, 2.24) is 19.4 Å². The molecule has 0 spiro atoms. The standard InChI is InChI=1S/C19H17ClFN5/c1-25(2)7-8-26-12-24-18(17-9-13(11-22)5-6-23-17)19(26)14-3-4-15(20)16(21)10-14/h3-6,9-10,12H,7-8H2,1-2H3. The van der Waals surface area contributed by atoms with E-state index in [4.69, 9.17) is 16.9 Å². The molecule has 7 heteroatoms. The molecular weight excluding hydrogens is 353 g/mol. The van der Waals surface area contributed by atoms with Crippen LogP contribution in [0.15, 0.2) is 42.9 Å². The average molecular weight is 370 g/mol. The summed E-state index contributed by atoms with van der Waals surface area (Å²) >= 11 is 5.83. The first-order valence-electron chi connectivity index (χ1n) is 8.01. The molecule has 132 valence electrons. The summed E-state index contributed by atoms with van der Waals surface area (Å²) in [5, 5.41) is 9.21. The van der Waals surface area contributed by atoms with Crippen molar-refractivity contribution in [3.8, 4) is 28.7 Å². The molecule has 0 atom stereocenters. The van der Waals surface area contributed by atoms with E-state index in [1.807, 2.05) is 18.7 Å². The van der Waals surface area contributed by atoms with Gasteiger partial charge in [0.2, 0.25) is 0 Å². The van der Waals surface area contributed by atoms with Crippen LogP contribution in [0.5, 0.6) is 0 Å². The first-order chi connectivity index (χ1) is 12.5. The fraction of sp³-hybridized carbons (Fsp3) is 0.211. The predicted octanol–water partition coefficient (Wildman–Crippen LogP) is 3.84. The molecule has 0 bridgehead atoms. The van der Waals surface area contributed by atoms with E-state index in [2.05, 4.69) is 20.9 Å². The van der Waals surface area contributed by atoms with Crippen LogP contribution in [-0.4, -0.2) is 40.1 Å². The van der Waals surface area contributed by atoms with Gasteiger partial charge in [-0.1, -0.05) is 17.7 Å². The lowest BCUT2D eigenvalue weighted by atomic mass is 10.1. The van der Waals surface area contributed by atoms with Crippen molar-refractivity contribution in [2.75, 3.05) is 20.6 Å². The summed E-state index contributed by atoms with van der Waals surface area (Å²) in [5.74, 6) is -0.491. The number of nitrogens with zero attached hydrogens (tertiary/aromatic N) is 5. The van der Waals surface area contributed by atoms with E-state index in [1.54, 1.807) is 30.7 Å². The lowest BCUT2D eigenvalue weighted by molar-refractivity contribution is 0.385. The van der Waals surface area contributed by atoms with Gasteiger partial charge in [0.1, 0.15) is 11.5 Å². The fourth-order valence-corrected chi connectivity index (χ4v) is 2.74. The summed E-state index contributed by atoms with van der Waals surface area (Å²) in [7, 11) is 3.97. The highest BCUT2D eigenvalue weighted by atomic mass is 35.5. The number of pyridine rings is 1. The molecule has 1 aromatic carbocycles. The largest absolute Gasteiger partial charge is 0.329 e. The molecule has 5 nitrogen and oxygen atoms in total. The molecule has 2 aromatic heterocycles. The zero-order chi connectivity index (χ0) is 18.7. The number of nitriles is 1. The third kappa shape index (κ3) is 3.74. The summed E-state index contributed by atoms with van der Waals surface area (Å²) < 4.78 is 16.0. The van der Waals surface area contributed by atoms with Crippen LogP contribution in [0.3, 0.4) is 0 Å². The van der Waals surface area contributed by atoms with Gasteiger partial charge in [-0.05, 0) is 38.4 Å². The Bertz CT molecular complexity index is 974. The van der Waals surface area contributed by atoms with E-state index in [-0.39, 0.29) is 5.02 Å². The van der Waals surface area contributed by atoms with Crippen LogP contribution in [0.4, 0.5) is 4.39 Å². The molecule has 0 N–H and O–H groups in total. The smallest absolute Gasteiger partial charge is 0.142 e. The third-order valence-corrected chi connectivity index (χ3v) is 4.26. The van der Waals surface area contributed by atoms with Gasteiger partial charge in [-0.3, -0.25) is 4.98 Å². The van der Waals surface area contributed by atoms with Crippen molar-refractivity contribution in [3.63, 3.8) is 0 Å². The first kappa shape index (κ1) is 18.1. The maximum Gasteiger partial charge on any atom is 0.142 e. The quantitative estimate of drug-likeness (QED) is 0.685. The van der Waals surface area contributed by atoms with Crippen molar-refractivity contribution < 1.29 is 4.39 Å². The SMILES string of the molecule is CN(C)CCn1cnc(-c2cc(C#N)ccn2)c1-c1ccc(Cl)c(F)c1. The summed E-state index contributed by atoms with van der Waals surface area (Å²) in [5.41, 5.74) is 3.05. The van der Waals surface area contributed by atoms with E-state index in [9.17, 15) is 4.39 Å². The minimum absolute atomic E-state index is 0.0688. The summed E-state index contributed by atoms with van der Waals surface area (Å²) in [4.78, 5) is 10.9. The average Bonchev–Trinajstić information content (AvgIpc) is 3.06. The Balaban J connectivity index is 2.15. The Morgan fingerprint density at radius 2 is 2.04 bits per heavy atom. The molecule has 0 aliphatic carbocycles. The molecule has 0 radical (unpaired) electrons. The van der Waals surface area contributed by atoms with Crippen LogP contribution in [0.25, 0.3) is 22.6 Å².